The molecule has 0 unspecified atom stereocenters. The van der Waals surface area contributed by atoms with Crippen LogP contribution in [0.3, 0.4) is 0 Å². The zero-order chi connectivity index (χ0) is 9.97. The maximum absolute atomic E-state index is 11.2. The van der Waals surface area contributed by atoms with E-state index in [1.165, 1.54) is 11.1 Å². The van der Waals surface area contributed by atoms with Crippen LogP contribution in [0.25, 0.3) is 0 Å². The number of nitrogens with one attached hydrogen (secondary N) is 2. The molecule has 74 valence electrons. The highest BCUT2D eigenvalue weighted by molar-refractivity contribution is 5.74. The molecule has 0 saturated heterocycles. The van der Waals surface area contributed by atoms with Gasteiger partial charge in [0.15, 0.2) is 0 Å². The van der Waals surface area contributed by atoms with Gasteiger partial charge in [-0.2, -0.15) is 0 Å². The van der Waals surface area contributed by atoms with E-state index in [1.54, 1.807) is 7.05 Å². The summed E-state index contributed by atoms with van der Waals surface area (Å²) in [5.41, 5.74) is 2.62. The molecule has 3 nitrogen and oxygen atoms in total. The van der Waals surface area contributed by atoms with Crippen LogP contribution in [0.1, 0.15) is 23.6 Å². The lowest BCUT2D eigenvalue weighted by atomic mass is 10.1. The van der Waals surface area contributed by atoms with Gasteiger partial charge in [0.2, 0.25) is 0 Å². The maximum Gasteiger partial charge on any atom is 0.315 e. The number of carbonyl (C=O) groups excluding carboxylic acids is 1. The summed E-state index contributed by atoms with van der Waals surface area (Å²) in [6.07, 6.45) is 2.07. The van der Waals surface area contributed by atoms with Crippen LogP contribution in [0.4, 0.5) is 4.79 Å². The quantitative estimate of drug-likeness (QED) is 0.694. The van der Waals surface area contributed by atoms with Gasteiger partial charge in [0.25, 0.3) is 0 Å². The molecule has 14 heavy (non-hydrogen) atoms. The van der Waals surface area contributed by atoms with E-state index >= 15 is 0 Å². The van der Waals surface area contributed by atoms with Gasteiger partial charge in [0.05, 0.1) is 6.04 Å². The summed E-state index contributed by atoms with van der Waals surface area (Å²) in [6.45, 7) is 0. The van der Waals surface area contributed by atoms with E-state index in [1.807, 2.05) is 12.1 Å². The molecule has 2 amide bonds. The predicted octanol–water partition coefficient (Wildman–Crippen LogP) is 1.60. The Labute approximate surface area is 83.5 Å². The summed E-state index contributed by atoms with van der Waals surface area (Å²) < 4.78 is 0. The van der Waals surface area contributed by atoms with E-state index in [9.17, 15) is 4.79 Å². The number of hydrogen-bond donors (Lipinski definition) is 2. The Bertz CT molecular complexity index is 349. The van der Waals surface area contributed by atoms with E-state index < -0.39 is 0 Å². The van der Waals surface area contributed by atoms with Crippen molar-refractivity contribution < 1.29 is 4.79 Å². The van der Waals surface area contributed by atoms with Crippen LogP contribution in [-0.2, 0) is 6.42 Å². The van der Waals surface area contributed by atoms with Gasteiger partial charge in [-0.3, -0.25) is 0 Å². The molecule has 2 rings (SSSR count). The van der Waals surface area contributed by atoms with E-state index in [0.717, 1.165) is 12.8 Å². The van der Waals surface area contributed by atoms with Crippen molar-refractivity contribution in [2.45, 2.75) is 18.9 Å². The number of rotatable bonds is 1. The van der Waals surface area contributed by atoms with Gasteiger partial charge in [-0.1, -0.05) is 24.3 Å². The fourth-order valence-electron chi connectivity index (χ4n) is 1.94. The highest BCUT2D eigenvalue weighted by Gasteiger charge is 2.22. The van der Waals surface area contributed by atoms with E-state index in [2.05, 4.69) is 22.8 Å². The SMILES string of the molecule is CNC(=O)N[C@@H]1CCc2ccccc21. The summed E-state index contributed by atoms with van der Waals surface area (Å²) in [4.78, 5) is 11.2. The van der Waals surface area contributed by atoms with Crippen molar-refractivity contribution in [2.24, 2.45) is 0 Å². The smallest absolute Gasteiger partial charge is 0.315 e. The lowest BCUT2D eigenvalue weighted by Gasteiger charge is -2.13. The van der Waals surface area contributed by atoms with Gasteiger partial charge in [0.1, 0.15) is 0 Å². The van der Waals surface area contributed by atoms with Gasteiger partial charge in [0, 0.05) is 7.05 Å². The molecule has 1 atom stereocenters. The summed E-state index contributed by atoms with van der Waals surface area (Å²) >= 11 is 0. The van der Waals surface area contributed by atoms with Crippen molar-refractivity contribution in [3.05, 3.63) is 35.4 Å². The largest absolute Gasteiger partial charge is 0.341 e. The number of amides is 2. The first-order valence-corrected chi connectivity index (χ1v) is 4.87. The Morgan fingerprint density at radius 2 is 2.21 bits per heavy atom. The van der Waals surface area contributed by atoms with E-state index in [0.29, 0.717) is 0 Å². The average Bonchev–Trinajstić information content (AvgIpc) is 2.62. The number of benzene rings is 1. The Morgan fingerprint density at radius 1 is 1.43 bits per heavy atom. The molecule has 0 bridgehead atoms. The van der Waals surface area contributed by atoms with Gasteiger partial charge < -0.3 is 10.6 Å². The van der Waals surface area contributed by atoms with Crippen LogP contribution >= 0.6 is 0 Å². The molecule has 0 aliphatic heterocycles. The molecule has 0 saturated carbocycles. The van der Waals surface area contributed by atoms with Crippen molar-refractivity contribution in [3.8, 4) is 0 Å². The first kappa shape index (κ1) is 9.06. The van der Waals surface area contributed by atoms with Crippen LogP contribution in [0.2, 0.25) is 0 Å². The first-order chi connectivity index (χ1) is 6.81. The van der Waals surface area contributed by atoms with E-state index in [-0.39, 0.29) is 12.1 Å². The van der Waals surface area contributed by atoms with Gasteiger partial charge >= 0.3 is 6.03 Å². The number of carbonyl (C=O) groups is 1. The Morgan fingerprint density at radius 3 is 3.00 bits per heavy atom. The first-order valence-electron chi connectivity index (χ1n) is 4.87. The second-order valence-corrected chi connectivity index (χ2v) is 3.51. The molecule has 0 spiro atoms. The Kier molecular flexibility index (Phi) is 2.39. The highest BCUT2D eigenvalue weighted by Crippen LogP contribution is 2.30. The molecular formula is C11H14N2O. The fourth-order valence-corrected chi connectivity index (χ4v) is 1.94. The molecule has 1 aliphatic rings. The normalized spacial score (nSPS) is 18.8. The van der Waals surface area contributed by atoms with Gasteiger partial charge in [-0.25, -0.2) is 4.79 Å². The topological polar surface area (TPSA) is 41.1 Å². The molecule has 1 aromatic carbocycles. The lowest BCUT2D eigenvalue weighted by Crippen LogP contribution is -2.34. The highest BCUT2D eigenvalue weighted by atomic mass is 16.2. The number of urea groups is 1. The third kappa shape index (κ3) is 1.58. The maximum atomic E-state index is 11.2. The Hall–Kier alpha value is -1.51. The van der Waals surface area contributed by atoms with Crippen molar-refractivity contribution in [1.82, 2.24) is 10.6 Å². The molecule has 0 fully saturated rings. The fraction of sp³-hybridized carbons (Fsp3) is 0.364. The molecule has 1 aromatic rings. The summed E-state index contributed by atoms with van der Waals surface area (Å²) in [6, 6.07) is 8.35. The second-order valence-electron chi connectivity index (χ2n) is 3.51. The zero-order valence-electron chi connectivity index (χ0n) is 8.21. The van der Waals surface area contributed by atoms with Crippen LogP contribution in [0.15, 0.2) is 24.3 Å². The number of hydrogen-bond acceptors (Lipinski definition) is 1. The van der Waals surface area contributed by atoms with E-state index in [4.69, 9.17) is 0 Å². The predicted molar refractivity (Wildman–Crippen MR) is 55.1 cm³/mol. The molecular weight excluding hydrogens is 176 g/mol. The second kappa shape index (κ2) is 3.70. The standard InChI is InChI=1S/C11H14N2O/c1-12-11(14)13-10-7-6-8-4-2-3-5-9(8)10/h2-5,10H,6-7H2,1H3,(H2,12,13,14)/t10-/m1/s1. The third-order valence-corrected chi connectivity index (χ3v) is 2.67. The van der Waals surface area contributed by atoms with Crippen LogP contribution in [0.5, 0.6) is 0 Å². The van der Waals surface area contributed by atoms with Gasteiger partial charge in [-0.15, -0.1) is 0 Å². The minimum atomic E-state index is -0.105. The zero-order valence-corrected chi connectivity index (χ0v) is 8.21. The minimum Gasteiger partial charge on any atom is -0.341 e. The number of aryl methyl sites for hydroxylation is 1. The Balaban J connectivity index is 2.14. The molecule has 1 aliphatic carbocycles. The van der Waals surface area contributed by atoms with Gasteiger partial charge in [-0.05, 0) is 24.0 Å². The van der Waals surface area contributed by atoms with Crippen LogP contribution in [0, 0.1) is 0 Å². The van der Waals surface area contributed by atoms with Crippen molar-refractivity contribution in [3.63, 3.8) is 0 Å². The molecule has 3 heteroatoms. The van der Waals surface area contributed by atoms with Crippen molar-refractivity contribution >= 4 is 6.03 Å². The van der Waals surface area contributed by atoms with Crippen LogP contribution in [-0.4, -0.2) is 13.1 Å². The van der Waals surface area contributed by atoms with Crippen molar-refractivity contribution in [1.29, 1.82) is 0 Å². The average molecular weight is 190 g/mol. The minimum absolute atomic E-state index is 0.105. The summed E-state index contributed by atoms with van der Waals surface area (Å²) in [5, 5.41) is 5.51. The third-order valence-electron chi connectivity index (χ3n) is 2.67. The molecule has 0 aromatic heterocycles. The number of fused-ring (bicyclic) bond motifs is 1. The molecule has 0 radical (unpaired) electrons. The van der Waals surface area contributed by atoms with Crippen molar-refractivity contribution in [2.75, 3.05) is 7.05 Å². The lowest BCUT2D eigenvalue weighted by molar-refractivity contribution is 0.239. The summed E-state index contributed by atoms with van der Waals surface area (Å²) in [5.74, 6) is 0. The molecule has 2 N–H and O–H groups in total. The summed E-state index contributed by atoms with van der Waals surface area (Å²) in [7, 11) is 1.64. The monoisotopic (exact) mass is 190 g/mol. The molecule has 0 heterocycles. The van der Waals surface area contributed by atoms with Crippen LogP contribution < -0.4 is 10.6 Å².